The molecule has 1 aromatic carbocycles. The monoisotopic (exact) mass is 486 g/mol. The maximum absolute atomic E-state index is 10.4. The number of nitrogens with one attached hydrogen (secondary N) is 1. The molecule has 1 aliphatic heterocycles. The van der Waals surface area contributed by atoms with E-state index in [1.807, 2.05) is 54.1 Å². The number of hydrogen-bond donors (Lipinski definition) is 2. The predicted molar refractivity (Wildman–Crippen MR) is 142 cm³/mol. The summed E-state index contributed by atoms with van der Waals surface area (Å²) in [5.74, 6) is 2.13. The van der Waals surface area contributed by atoms with Crippen molar-refractivity contribution in [1.29, 1.82) is 0 Å². The number of aromatic nitrogens is 4. The van der Waals surface area contributed by atoms with Crippen molar-refractivity contribution in [3.05, 3.63) is 65.6 Å². The Labute approximate surface area is 212 Å². The molecule has 8 nitrogen and oxygen atoms in total. The largest absolute Gasteiger partial charge is 0.490 e. The Morgan fingerprint density at radius 3 is 2.56 bits per heavy atom. The fourth-order valence-corrected chi connectivity index (χ4v) is 4.63. The average molecular weight is 487 g/mol. The smallest absolute Gasteiger partial charge is 0.229 e. The molecule has 188 valence electrons. The molecule has 1 fully saturated rings. The molecule has 0 unspecified atom stereocenters. The van der Waals surface area contributed by atoms with E-state index in [1.54, 1.807) is 13.8 Å². The predicted octanol–water partition coefficient (Wildman–Crippen LogP) is 4.88. The fourth-order valence-electron chi connectivity index (χ4n) is 4.63. The minimum absolute atomic E-state index is 0.268. The molecule has 4 aromatic rings. The van der Waals surface area contributed by atoms with Crippen LogP contribution in [0.5, 0.6) is 5.75 Å². The van der Waals surface area contributed by atoms with Crippen molar-refractivity contribution in [1.82, 2.24) is 24.4 Å². The number of rotatable bonds is 6. The highest BCUT2D eigenvalue weighted by Crippen LogP contribution is 2.28. The van der Waals surface area contributed by atoms with Gasteiger partial charge in [0.25, 0.3) is 0 Å². The van der Waals surface area contributed by atoms with Gasteiger partial charge in [0.05, 0.1) is 5.69 Å². The van der Waals surface area contributed by atoms with Crippen LogP contribution in [0.15, 0.2) is 48.7 Å². The SMILES string of the molecule is Cc1cc(Nc2ncc3cc(C)n(-c4cccc(C(C)(C)O)n4)c3n2)ccc1OC1CCN(C)CC1. The zero-order valence-corrected chi connectivity index (χ0v) is 21.6. The van der Waals surface area contributed by atoms with Crippen molar-refractivity contribution in [3.8, 4) is 11.6 Å². The Hall–Kier alpha value is -3.49. The van der Waals surface area contributed by atoms with E-state index in [1.165, 1.54) is 0 Å². The molecule has 4 heterocycles. The standard InChI is InChI=1S/C28H34N6O2/c1-18-15-21(9-10-23(18)36-22-11-13-33(5)14-12-22)30-27-29-17-20-16-19(2)34(26(20)32-27)25-8-6-7-24(31-25)28(3,4)35/h6-10,15-17,22,35H,11-14H2,1-5H3,(H,29,30,32). The van der Waals surface area contributed by atoms with E-state index in [4.69, 9.17) is 14.7 Å². The third-order valence-corrected chi connectivity index (χ3v) is 6.71. The Balaban J connectivity index is 1.39. The lowest BCUT2D eigenvalue weighted by molar-refractivity contribution is 0.0738. The number of nitrogens with zero attached hydrogens (tertiary/aromatic N) is 5. The van der Waals surface area contributed by atoms with E-state index in [2.05, 4.69) is 35.2 Å². The van der Waals surface area contributed by atoms with Gasteiger partial charge in [-0.25, -0.2) is 9.97 Å². The van der Waals surface area contributed by atoms with Crippen LogP contribution in [0.3, 0.4) is 0 Å². The third kappa shape index (κ3) is 5.05. The Bertz CT molecular complexity index is 1380. The van der Waals surface area contributed by atoms with Crippen LogP contribution in [0.1, 0.15) is 43.6 Å². The molecule has 0 bridgehead atoms. The van der Waals surface area contributed by atoms with Gasteiger partial charge in [-0.05, 0) is 89.5 Å². The van der Waals surface area contributed by atoms with Gasteiger partial charge in [0.15, 0.2) is 5.65 Å². The summed E-state index contributed by atoms with van der Waals surface area (Å²) in [6, 6.07) is 13.8. The van der Waals surface area contributed by atoms with Gasteiger partial charge in [0, 0.05) is 36.1 Å². The summed E-state index contributed by atoms with van der Waals surface area (Å²) in [5.41, 5.74) is 3.29. The van der Waals surface area contributed by atoms with Gasteiger partial charge in [-0.2, -0.15) is 4.98 Å². The minimum atomic E-state index is -1.03. The molecule has 36 heavy (non-hydrogen) atoms. The van der Waals surface area contributed by atoms with Gasteiger partial charge in [-0.1, -0.05) is 6.07 Å². The quantitative estimate of drug-likeness (QED) is 0.402. The zero-order chi connectivity index (χ0) is 25.4. The normalized spacial score (nSPS) is 15.4. The lowest BCUT2D eigenvalue weighted by atomic mass is 10.1. The molecular formula is C28H34N6O2. The van der Waals surface area contributed by atoms with Crippen molar-refractivity contribution < 1.29 is 9.84 Å². The number of fused-ring (bicyclic) bond motifs is 1. The van der Waals surface area contributed by atoms with Gasteiger partial charge in [0.2, 0.25) is 5.95 Å². The van der Waals surface area contributed by atoms with Crippen molar-refractivity contribution in [2.45, 2.75) is 52.2 Å². The van der Waals surface area contributed by atoms with Crippen LogP contribution in [-0.4, -0.2) is 55.8 Å². The lowest BCUT2D eigenvalue weighted by Gasteiger charge is -2.29. The molecule has 0 atom stereocenters. The molecule has 0 spiro atoms. The second kappa shape index (κ2) is 9.52. The number of aliphatic hydroxyl groups is 1. The maximum Gasteiger partial charge on any atom is 0.229 e. The zero-order valence-electron chi connectivity index (χ0n) is 21.6. The molecule has 0 aliphatic carbocycles. The second-order valence-corrected chi connectivity index (χ2v) is 10.3. The highest BCUT2D eigenvalue weighted by molar-refractivity contribution is 5.80. The van der Waals surface area contributed by atoms with Gasteiger partial charge in [-0.15, -0.1) is 0 Å². The molecule has 2 N–H and O–H groups in total. The van der Waals surface area contributed by atoms with Crippen molar-refractivity contribution >= 4 is 22.7 Å². The summed E-state index contributed by atoms with van der Waals surface area (Å²) in [4.78, 5) is 16.4. The topological polar surface area (TPSA) is 88.3 Å². The van der Waals surface area contributed by atoms with E-state index in [0.717, 1.165) is 59.7 Å². The maximum atomic E-state index is 10.4. The van der Waals surface area contributed by atoms with E-state index in [9.17, 15) is 5.11 Å². The number of hydrogen-bond acceptors (Lipinski definition) is 7. The van der Waals surface area contributed by atoms with E-state index < -0.39 is 5.60 Å². The van der Waals surface area contributed by atoms with Crippen molar-refractivity contribution in [2.24, 2.45) is 0 Å². The number of likely N-dealkylation sites (tertiary alicyclic amines) is 1. The van der Waals surface area contributed by atoms with Crippen LogP contribution in [0, 0.1) is 13.8 Å². The van der Waals surface area contributed by atoms with Gasteiger partial charge in [-0.3, -0.25) is 4.57 Å². The number of anilines is 2. The summed E-state index contributed by atoms with van der Waals surface area (Å²) >= 11 is 0. The van der Waals surface area contributed by atoms with E-state index in [-0.39, 0.29) is 6.10 Å². The van der Waals surface area contributed by atoms with Crippen molar-refractivity contribution in [3.63, 3.8) is 0 Å². The summed E-state index contributed by atoms with van der Waals surface area (Å²) in [6.45, 7) is 9.69. The first kappa shape index (κ1) is 24.2. The Kier molecular flexibility index (Phi) is 6.40. The molecule has 1 saturated heterocycles. The number of ether oxygens (including phenoxy) is 1. The number of aryl methyl sites for hydroxylation is 2. The van der Waals surface area contributed by atoms with Crippen molar-refractivity contribution in [2.75, 3.05) is 25.5 Å². The second-order valence-electron chi connectivity index (χ2n) is 10.3. The highest BCUT2D eigenvalue weighted by atomic mass is 16.5. The summed E-state index contributed by atoms with van der Waals surface area (Å²) in [5, 5.41) is 14.7. The van der Waals surface area contributed by atoms with Crippen LogP contribution in [0.2, 0.25) is 0 Å². The van der Waals surface area contributed by atoms with Crippen LogP contribution < -0.4 is 10.1 Å². The van der Waals surface area contributed by atoms with Crippen LogP contribution in [0.25, 0.3) is 16.9 Å². The first-order valence-corrected chi connectivity index (χ1v) is 12.5. The van der Waals surface area contributed by atoms with Gasteiger partial charge >= 0.3 is 0 Å². The molecule has 8 heteroatoms. The molecule has 0 saturated carbocycles. The molecular weight excluding hydrogens is 452 g/mol. The number of pyridine rings is 1. The molecule has 0 radical (unpaired) electrons. The average Bonchev–Trinajstić information content (AvgIpc) is 3.16. The van der Waals surface area contributed by atoms with Crippen LogP contribution in [-0.2, 0) is 5.60 Å². The lowest BCUT2D eigenvalue weighted by Crippen LogP contribution is -2.35. The first-order valence-electron chi connectivity index (χ1n) is 12.5. The molecule has 3 aromatic heterocycles. The first-order chi connectivity index (χ1) is 17.2. The van der Waals surface area contributed by atoms with Crippen LogP contribution in [0.4, 0.5) is 11.6 Å². The van der Waals surface area contributed by atoms with Crippen LogP contribution >= 0.6 is 0 Å². The summed E-state index contributed by atoms with van der Waals surface area (Å²) in [6.07, 6.45) is 4.19. The van der Waals surface area contributed by atoms with E-state index in [0.29, 0.717) is 17.5 Å². The molecule has 5 rings (SSSR count). The van der Waals surface area contributed by atoms with Gasteiger partial charge < -0.3 is 20.1 Å². The summed E-state index contributed by atoms with van der Waals surface area (Å²) < 4.78 is 8.27. The third-order valence-electron chi connectivity index (χ3n) is 6.71. The van der Waals surface area contributed by atoms with Gasteiger partial charge in [0.1, 0.15) is 23.3 Å². The number of piperidine rings is 1. The fraction of sp³-hybridized carbons (Fsp3) is 0.393. The summed E-state index contributed by atoms with van der Waals surface area (Å²) in [7, 11) is 2.16. The number of benzene rings is 1. The highest BCUT2D eigenvalue weighted by Gasteiger charge is 2.20. The minimum Gasteiger partial charge on any atom is -0.490 e. The Morgan fingerprint density at radius 2 is 1.83 bits per heavy atom. The molecule has 1 aliphatic rings. The molecule has 0 amide bonds. The van der Waals surface area contributed by atoms with E-state index >= 15 is 0 Å². The Morgan fingerprint density at radius 1 is 1.06 bits per heavy atom.